The SMILES string of the molecule is Cc1c(C#N)c(NC(=O)CN[C@H](C)c2ccco2)n(Cc2ccco2)c1C. The van der Waals surface area contributed by atoms with Crippen LogP contribution in [0.15, 0.2) is 45.6 Å². The van der Waals surface area contributed by atoms with E-state index < -0.39 is 0 Å². The quantitative estimate of drug-likeness (QED) is 0.667. The second-order valence-electron chi connectivity index (χ2n) is 6.38. The zero-order valence-electron chi connectivity index (χ0n) is 15.6. The summed E-state index contributed by atoms with van der Waals surface area (Å²) in [7, 11) is 0. The van der Waals surface area contributed by atoms with Gasteiger partial charge in [-0.1, -0.05) is 0 Å². The molecule has 3 aromatic rings. The summed E-state index contributed by atoms with van der Waals surface area (Å²) in [5, 5.41) is 15.5. The van der Waals surface area contributed by atoms with Crippen LogP contribution in [-0.4, -0.2) is 17.0 Å². The van der Waals surface area contributed by atoms with E-state index in [1.54, 1.807) is 18.6 Å². The average Bonchev–Trinajstić information content (AvgIpc) is 3.40. The number of furan rings is 2. The van der Waals surface area contributed by atoms with Gasteiger partial charge in [-0.2, -0.15) is 5.26 Å². The van der Waals surface area contributed by atoms with Crippen LogP contribution < -0.4 is 10.6 Å². The first-order valence-electron chi connectivity index (χ1n) is 8.70. The largest absolute Gasteiger partial charge is 0.468 e. The molecule has 0 aliphatic heterocycles. The Labute approximate surface area is 157 Å². The summed E-state index contributed by atoms with van der Waals surface area (Å²) in [5.41, 5.74) is 2.22. The zero-order valence-corrected chi connectivity index (χ0v) is 15.6. The third-order valence-electron chi connectivity index (χ3n) is 4.63. The highest BCUT2D eigenvalue weighted by Crippen LogP contribution is 2.27. The van der Waals surface area contributed by atoms with Crippen molar-refractivity contribution in [2.75, 3.05) is 11.9 Å². The van der Waals surface area contributed by atoms with Crippen LogP contribution in [0.4, 0.5) is 5.82 Å². The summed E-state index contributed by atoms with van der Waals surface area (Å²) in [6.07, 6.45) is 3.20. The van der Waals surface area contributed by atoms with Crippen molar-refractivity contribution in [2.24, 2.45) is 0 Å². The molecule has 0 aromatic carbocycles. The highest BCUT2D eigenvalue weighted by molar-refractivity contribution is 5.93. The number of hydrogen-bond donors (Lipinski definition) is 2. The molecule has 0 bridgehead atoms. The van der Waals surface area contributed by atoms with E-state index in [2.05, 4.69) is 16.7 Å². The van der Waals surface area contributed by atoms with Crippen molar-refractivity contribution in [1.82, 2.24) is 9.88 Å². The van der Waals surface area contributed by atoms with Gasteiger partial charge in [0, 0.05) is 5.69 Å². The van der Waals surface area contributed by atoms with Crippen LogP contribution in [0.3, 0.4) is 0 Å². The lowest BCUT2D eigenvalue weighted by molar-refractivity contribution is -0.115. The maximum absolute atomic E-state index is 12.5. The predicted molar refractivity (Wildman–Crippen MR) is 100 cm³/mol. The van der Waals surface area contributed by atoms with Gasteiger partial charge >= 0.3 is 0 Å². The van der Waals surface area contributed by atoms with Crippen LogP contribution in [0, 0.1) is 25.2 Å². The molecular formula is C20H22N4O3. The van der Waals surface area contributed by atoms with E-state index in [0.29, 0.717) is 17.9 Å². The fraction of sp³-hybridized carbons (Fsp3) is 0.300. The van der Waals surface area contributed by atoms with Gasteiger partial charge in [-0.3, -0.25) is 10.1 Å². The molecule has 7 nitrogen and oxygen atoms in total. The summed E-state index contributed by atoms with van der Waals surface area (Å²) >= 11 is 0. The molecule has 3 heterocycles. The molecule has 0 unspecified atom stereocenters. The first-order chi connectivity index (χ1) is 13.0. The van der Waals surface area contributed by atoms with Crippen LogP contribution in [0.1, 0.15) is 41.3 Å². The van der Waals surface area contributed by atoms with E-state index in [9.17, 15) is 10.1 Å². The van der Waals surface area contributed by atoms with Gasteiger partial charge in [0.1, 0.15) is 23.4 Å². The molecule has 0 fully saturated rings. The number of rotatable bonds is 7. The first-order valence-corrected chi connectivity index (χ1v) is 8.70. The molecular weight excluding hydrogens is 344 g/mol. The Morgan fingerprint density at radius 3 is 2.63 bits per heavy atom. The molecule has 0 radical (unpaired) electrons. The van der Waals surface area contributed by atoms with Gasteiger partial charge in [0.05, 0.1) is 37.2 Å². The van der Waals surface area contributed by atoms with Gasteiger partial charge in [-0.25, -0.2) is 0 Å². The summed E-state index contributed by atoms with van der Waals surface area (Å²) in [6, 6.07) is 9.43. The minimum Gasteiger partial charge on any atom is -0.468 e. The van der Waals surface area contributed by atoms with E-state index in [1.165, 1.54) is 0 Å². The van der Waals surface area contributed by atoms with Crippen LogP contribution in [0.5, 0.6) is 0 Å². The molecule has 3 rings (SSSR count). The van der Waals surface area contributed by atoms with E-state index in [1.807, 2.05) is 43.5 Å². The second-order valence-corrected chi connectivity index (χ2v) is 6.38. The summed E-state index contributed by atoms with van der Waals surface area (Å²) in [6.45, 7) is 6.25. The molecule has 0 aliphatic carbocycles. The Morgan fingerprint density at radius 2 is 2.00 bits per heavy atom. The van der Waals surface area contributed by atoms with E-state index in [0.717, 1.165) is 22.8 Å². The Bertz CT molecular complexity index is 947. The predicted octanol–water partition coefficient (Wildman–Crippen LogP) is 3.50. The lowest BCUT2D eigenvalue weighted by Crippen LogP contribution is -2.31. The van der Waals surface area contributed by atoms with Gasteiger partial charge in [0.15, 0.2) is 0 Å². The van der Waals surface area contributed by atoms with Crippen molar-refractivity contribution < 1.29 is 13.6 Å². The Balaban J connectivity index is 1.75. The topological polar surface area (TPSA) is 96.1 Å². The van der Waals surface area contributed by atoms with Crippen LogP contribution in [0.2, 0.25) is 0 Å². The van der Waals surface area contributed by atoms with Crippen molar-refractivity contribution in [3.63, 3.8) is 0 Å². The van der Waals surface area contributed by atoms with E-state index >= 15 is 0 Å². The maximum atomic E-state index is 12.5. The fourth-order valence-electron chi connectivity index (χ4n) is 2.95. The smallest absolute Gasteiger partial charge is 0.239 e. The highest BCUT2D eigenvalue weighted by Gasteiger charge is 2.20. The van der Waals surface area contributed by atoms with Crippen LogP contribution >= 0.6 is 0 Å². The number of nitriles is 1. The van der Waals surface area contributed by atoms with Crippen LogP contribution in [0.25, 0.3) is 0 Å². The number of nitrogens with zero attached hydrogens (tertiary/aromatic N) is 2. The molecule has 27 heavy (non-hydrogen) atoms. The Hall–Kier alpha value is -3.24. The van der Waals surface area contributed by atoms with Gasteiger partial charge in [0.2, 0.25) is 5.91 Å². The van der Waals surface area contributed by atoms with E-state index in [4.69, 9.17) is 8.83 Å². The third kappa shape index (κ3) is 3.96. The van der Waals surface area contributed by atoms with Crippen molar-refractivity contribution in [2.45, 2.75) is 33.4 Å². The van der Waals surface area contributed by atoms with Gasteiger partial charge in [-0.05, 0) is 50.6 Å². The van der Waals surface area contributed by atoms with Crippen LogP contribution in [-0.2, 0) is 11.3 Å². The minimum absolute atomic E-state index is 0.0940. The second kappa shape index (κ2) is 7.98. The fourth-order valence-corrected chi connectivity index (χ4v) is 2.95. The molecule has 7 heteroatoms. The number of amides is 1. The normalized spacial score (nSPS) is 11.9. The molecule has 0 saturated heterocycles. The number of nitrogens with one attached hydrogen (secondary N) is 2. The lowest BCUT2D eigenvalue weighted by Gasteiger charge is -2.14. The molecule has 1 amide bonds. The Morgan fingerprint density at radius 1 is 1.26 bits per heavy atom. The van der Waals surface area contributed by atoms with Gasteiger partial charge in [0.25, 0.3) is 0 Å². The molecule has 0 spiro atoms. The molecule has 3 aromatic heterocycles. The van der Waals surface area contributed by atoms with Crippen molar-refractivity contribution >= 4 is 11.7 Å². The Kier molecular flexibility index (Phi) is 5.48. The molecule has 0 saturated carbocycles. The summed E-state index contributed by atoms with van der Waals surface area (Å²) in [5.74, 6) is 1.76. The zero-order chi connectivity index (χ0) is 19.4. The number of aromatic nitrogens is 1. The number of anilines is 1. The first kappa shape index (κ1) is 18.5. The van der Waals surface area contributed by atoms with E-state index in [-0.39, 0.29) is 18.5 Å². The van der Waals surface area contributed by atoms with Gasteiger partial charge in [-0.15, -0.1) is 0 Å². The summed E-state index contributed by atoms with van der Waals surface area (Å²) in [4.78, 5) is 12.5. The number of hydrogen-bond acceptors (Lipinski definition) is 5. The maximum Gasteiger partial charge on any atom is 0.239 e. The third-order valence-corrected chi connectivity index (χ3v) is 4.63. The minimum atomic E-state index is -0.233. The van der Waals surface area contributed by atoms with Gasteiger partial charge < -0.3 is 18.7 Å². The molecule has 0 aliphatic rings. The molecule has 140 valence electrons. The van der Waals surface area contributed by atoms with Crippen molar-refractivity contribution in [1.29, 1.82) is 5.26 Å². The average molecular weight is 366 g/mol. The van der Waals surface area contributed by atoms with Crippen molar-refractivity contribution in [3.8, 4) is 6.07 Å². The standard InChI is InChI=1S/C20H22N4O3/c1-13-15(3)24(12-16-6-4-8-26-16)20(17(13)10-21)23-19(25)11-22-14(2)18-7-5-9-27-18/h4-9,14,22H,11-12H2,1-3H3,(H,23,25)/t14-/m1/s1. The number of carbonyl (C=O) groups excluding carboxylic acids is 1. The lowest BCUT2D eigenvalue weighted by atomic mass is 10.2. The number of carbonyl (C=O) groups is 1. The highest BCUT2D eigenvalue weighted by atomic mass is 16.3. The molecule has 1 atom stereocenters. The summed E-state index contributed by atoms with van der Waals surface area (Å²) < 4.78 is 12.6. The monoisotopic (exact) mass is 366 g/mol. The molecule has 2 N–H and O–H groups in total. The van der Waals surface area contributed by atoms with Crippen molar-refractivity contribution in [3.05, 3.63) is 65.1 Å².